The molecule has 3 aliphatic rings. The van der Waals surface area contributed by atoms with Crippen LogP contribution in [0.25, 0.3) is 16.8 Å². The summed E-state index contributed by atoms with van der Waals surface area (Å²) in [6.07, 6.45) is 26.5. The summed E-state index contributed by atoms with van der Waals surface area (Å²) in [6.45, 7) is 4.56. The van der Waals surface area contributed by atoms with Gasteiger partial charge in [0, 0.05) is 17.9 Å². The van der Waals surface area contributed by atoms with Gasteiger partial charge in [0.15, 0.2) is 0 Å². The van der Waals surface area contributed by atoms with E-state index in [1.165, 1.54) is 77.1 Å². The second kappa shape index (κ2) is 9.85. The summed E-state index contributed by atoms with van der Waals surface area (Å²) < 4.78 is 0. The van der Waals surface area contributed by atoms with E-state index in [9.17, 15) is 0 Å². The Balaban J connectivity index is 1.66. The van der Waals surface area contributed by atoms with Crippen LogP contribution in [0.4, 0.5) is 0 Å². The predicted octanol–water partition coefficient (Wildman–Crippen LogP) is 8.88. The number of nitrogens with two attached hydrogens (primary N) is 1. The van der Waals surface area contributed by atoms with Crippen LogP contribution in [-0.2, 0) is 0 Å². The number of hydrogen-bond donors (Lipinski definition) is 1. The number of rotatable bonds is 6. The second-order valence-electron chi connectivity index (χ2n) is 10.3. The van der Waals surface area contributed by atoms with Crippen molar-refractivity contribution in [1.29, 1.82) is 0 Å². The number of hydrogen-bond acceptors (Lipinski definition) is 1. The van der Waals surface area contributed by atoms with Crippen LogP contribution in [-0.4, -0.2) is 0 Å². The molecule has 2 aromatic carbocycles. The van der Waals surface area contributed by atoms with E-state index < -0.39 is 0 Å². The van der Waals surface area contributed by atoms with Crippen LogP contribution >= 0.6 is 0 Å². The van der Waals surface area contributed by atoms with Gasteiger partial charge in [0.2, 0.25) is 0 Å². The Morgan fingerprint density at radius 3 is 2.30 bits per heavy atom. The van der Waals surface area contributed by atoms with Crippen LogP contribution < -0.4 is 5.73 Å². The molecule has 0 amide bonds. The number of fused-ring (bicyclic) bond motifs is 2. The Bertz CT molecular complexity index is 1130. The summed E-state index contributed by atoms with van der Waals surface area (Å²) in [6, 6.07) is 9.23. The molecule has 172 valence electrons. The van der Waals surface area contributed by atoms with Gasteiger partial charge in [0.05, 0.1) is 0 Å². The third kappa shape index (κ3) is 4.28. The molecule has 0 fully saturated rings. The van der Waals surface area contributed by atoms with Crippen molar-refractivity contribution in [3.63, 3.8) is 0 Å². The zero-order valence-electron chi connectivity index (χ0n) is 20.4. The average Bonchev–Trinajstić information content (AvgIpc) is 2.85. The van der Waals surface area contributed by atoms with Crippen molar-refractivity contribution >= 4 is 16.8 Å². The Labute approximate surface area is 200 Å². The fourth-order valence-corrected chi connectivity index (χ4v) is 6.44. The van der Waals surface area contributed by atoms with E-state index in [0.717, 1.165) is 18.8 Å². The average molecular weight is 438 g/mol. The van der Waals surface area contributed by atoms with Gasteiger partial charge in [-0.15, -0.1) is 0 Å². The maximum absolute atomic E-state index is 6.87. The highest BCUT2D eigenvalue weighted by Crippen LogP contribution is 2.47. The molecule has 0 heterocycles. The lowest BCUT2D eigenvalue weighted by Gasteiger charge is -2.33. The van der Waals surface area contributed by atoms with E-state index in [0.29, 0.717) is 11.8 Å². The fourth-order valence-electron chi connectivity index (χ4n) is 6.44. The first-order valence-electron chi connectivity index (χ1n) is 13.3. The minimum Gasteiger partial charge on any atom is -0.324 e. The van der Waals surface area contributed by atoms with Crippen LogP contribution in [0.5, 0.6) is 0 Å². The van der Waals surface area contributed by atoms with Crippen LogP contribution in [0.2, 0.25) is 0 Å². The summed E-state index contributed by atoms with van der Waals surface area (Å²) >= 11 is 0. The maximum Gasteiger partial charge on any atom is 0.0339 e. The van der Waals surface area contributed by atoms with Gasteiger partial charge in [0.25, 0.3) is 0 Å². The van der Waals surface area contributed by atoms with Crippen LogP contribution in [0.15, 0.2) is 66.3 Å². The summed E-state index contributed by atoms with van der Waals surface area (Å²) in [5, 5.41) is 2.85. The molecule has 3 aliphatic carbocycles. The molecule has 5 rings (SSSR count). The van der Waals surface area contributed by atoms with Crippen LogP contribution in [0.3, 0.4) is 0 Å². The largest absolute Gasteiger partial charge is 0.324 e. The van der Waals surface area contributed by atoms with Crippen molar-refractivity contribution in [2.24, 2.45) is 11.7 Å². The van der Waals surface area contributed by atoms with Crippen molar-refractivity contribution in [1.82, 2.24) is 0 Å². The van der Waals surface area contributed by atoms with Gasteiger partial charge in [-0.2, -0.15) is 0 Å². The van der Waals surface area contributed by atoms with E-state index >= 15 is 0 Å². The molecule has 4 unspecified atom stereocenters. The SMILES string of the molecule is CCCC1=CCC(c2c3c(c(C4C=CC(CCC)CC4)c4ccccc24)C(N)CC=C3)C=C1. The highest BCUT2D eigenvalue weighted by molar-refractivity contribution is 5.95. The van der Waals surface area contributed by atoms with E-state index in [1.54, 1.807) is 0 Å². The van der Waals surface area contributed by atoms with Crippen LogP contribution in [0, 0.1) is 5.92 Å². The van der Waals surface area contributed by atoms with E-state index in [-0.39, 0.29) is 6.04 Å². The second-order valence-corrected chi connectivity index (χ2v) is 10.3. The molecular weight excluding hydrogens is 398 g/mol. The molecule has 0 saturated carbocycles. The summed E-state index contributed by atoms with van der Waals surface area (Å²) in [5.74, 6) is 1.64. The van der Waals surface area contributed by atoms with Crippen molar-refractivity contribution in [3.05, 3.63) is 88.5 Å². The lowest BCUT2D eigenvalue weighted by molar-refractivity contribution is 0.476. The quantitative estimate of drug-likeness (QED) is 0.449. The topological polar surface area (TPSA) is 26.0 Å². The first-order chi connectivity index (χ1) is 16.2. The minimum absolute atomic E-state index is 0.0869. The van der Waals surface area contributed by atoms with Crippen LogP contribution in [0.1, 0.15) is 105 Å². The van der Waals surface area contributed by atoms with E-state index in [1.807, 2.05) is 0 Å². The molecule has 0 saturated heterocycles. The highest BCUT2D eigenvalue weighted by Gasteiger charge is 2.30. The fraction of sp³-hybridized carbons (Fsp3) is 0.438. The molecule has 0 radical (unpaired) electrons. The van der Waals surface area contributed by atoms with Gasteiger partial charge in [0.1, 0.15) is 0 Å². The molecule has 0 bridgehead atoms. The van der Waals surface area contributed by atoms with E-state index in [4.69, 9.17) is 5.73 Å². The predicted molar refractivity (Wildman–Crippen MR) is 144 cm³/mol. The smallest absolute Gasteiger partial charge is 0.0339 e. The van der Waals surface area contributed by atoms with E-state index in [2.05, 4.69) is 80.6 Å². The summed E-state index contributed by atoms with van der Waals surface area (Å²) in [5.41, 5.74) is 14.2. The standard InChI is InChI=1S/C32H39N/c1-3-8-22-14-18-24(19-15-22)30-26-10-5-6-11-27(26)31(32-28(30)12-7-13-29(32)33)25-20-16-23(9-4-2)17-21-25/h5-7,10-12,14-16,18,20,23-25,29H,3-4,8-9,13,17,19,21,33H2,1-2H3. The molecule has 0 aliphatic heterocycles. The van der Waals surface area contributed by atoms with Crippen molar-refractivity contribution in [3.8, 4) is 0 Å². The third-order valence-corrected chi connectivity index (χ3v) is 8.00. The minimum atomic E-state index is 0.0869. The van der Waals surface area contributed by atoms with Gasteiger partial charge in [-0.1, -0.05) is 99.1 Å². The van der Waals surface area contributed by atoms with Gasteiger partial charge < -0.3 is 5.73 Å². The van der Waals surface area contributed by atoms with Crippen molar-refractivity contribution < 1.29 is 0 Å². The summed E-state index contributed by atoms with van der Waals surface area (Å²) in [7, 11) is 0. The molecule has 1 nitrogen and oxygen atoms in total. The monoisotopic (exact) mass is 437 g/mol. The van der Waals surface area contributed by atoms with Gasteiger partial charge in [-0.25, -0.2) is 0 Å². The normalized spacial score (nSPS) is 26.5. The molecule has 0 spiro atoms. The lowest BCUT2D eigenvalue weighted by Crippen LogP contribution is -2.21. The number of benzene rings is 2. The zero-order valence-corrected chi connectivity index (χ0v) is 20.4. The van der Waals surface area contributed by atoms with Crippen molar-refractivity contribution in [2.45, 2.75) is 83.1 Å². The van der Waals surface area contributed by atoms with Gasteiger partial charge in [-0.05, 0) is 77.5 Å². The molecule has 1 heteroatoms. The van der Waals surface area contributed by atoms with Crippen molar-refractivity contribution in [2.75, 3.05) is 0 Å². The Morgan fingerprint density at radius 1 is 0.818 bits per heavy atom. The van der Waals surface area contributed by atoms with Gasteiger partial charge in [-0.3, -0.25) is 0 Å². The molecular formula is C32H39N. The lowest BCUT2D eigenvalue weighted by atomic mass is 9.72. The molecule has 0 aromatic heterocycles. The Kier molecular flexibility index (Phi) is 6.69. The molecule has 2 aromatic rings. The first-order valence-corrected chi connectivity index (χ1v) is 13.3. The highest BCUT2D eigenvalue weighted by atomic mass is 14.6. The zero-order chi connectivity index (χ0) is 22.8. The Morgan fingerprint density at radius 2 is 1.64 bits per heavy atom. The number of allylic oxidation sites excluding steroid dienone is 6. The molecule has 33 heavy (non-hydrogen) atoms. The van der Waals surface area contributed by atoms with Gasteiger partial charge >= 0.3 is 0 Å². The maximum atomic E-state index is 6.87. The third-order valence-electron chi connectivity index (χ3n) is 8.00. The molecule has 2 N–H and O–H groups in total. The Hall–Kier alpha value is -2.38. The first kappa shape index (κ1) is 22.4. The molecule has 4 atom stereocenters. The summed E-state index contributed by atoms with van der Waals surface area (Å²) in [4.78, 5) is 0.